The molecule has 4 nitrogen and oxygen atoms in total. The smallest absolute Gasteiger partial charge is 0.208 e. The van der Waals surface area contributed by atoms with Crippen molar-refractivity contribution in [3.63, 3.8) is 0 Å². The van der Waals surface area contributed by atoms with E-state index in [-0.39, 0.29) is 5.82 Å². The first-order valence-electron chi connectivity index (χ1n) is 6.79. The third-order valence-corrected chi connectivity index (χ3v) is 4.63. The number of thioether (sulfide) groups is 1. The Kier molecular flexibility index (Phi) is 5.07. The first kappa shape index (κ1) is 15.1. The van der Waals surface area contributed by atoms with Crippen LogP contribution in [0.1, 0.15) is 6.42 Å². The second kappa shape index (κ2) is 7.42. The molecule has 0 fully saturated rings. The molecule has 0 aliphatic heterocycles. The van der Waals surface area contributed by atoms with Gasteiger partial charge in [0.15, 0.2) is 5.82 Å². The van der Waals surface area contributed by atoms with Crippen LogP contribution in [0.4, 0.5) is 4.39 Å². The third kappa shape index (κ3) is 4.08. The lowest BCUT2D eigenvalue weighted by molar-refractivity contribution is 0.318. The molecule has 2 heterocycles. The Morgan fingerprint density at radius 2 is 2.09 bits per heavy atom. The molecule has 114 valence electrons. The van der Waals surface area contributed by atoms with Crippen LogP contribution in [-0.4, -0.2) is 27.5 Å². The maximum Gasteiger partial charge on any atom is 0.208 e. The van der Waals surface area contributed by atoms with Gasteiger partial charge in [0.25, 0.3) is 0 Å². The molecule has 1 N–H and O–H groups in total. The average molecular weight is 335 g/mol. The minimum absolute atomic E-state index is 0.256. The van der Waals surface area contributed by atoms with Gasteiger partial charge >= 0.3 is 0 Å². The van der Waals surface area contributed by atoms with Crippen LogP contribution in [0, 0.1) is 5.82 Å². The number of aromatic nitrogens is 3. The Morgan fingerprint density at radius 3 is 2.86 bits per heavy atom. The summed E-state index contributed by atoms with van der Waals surface area (Å²) in [7, 11) is 0. The summed E-state index contributed by atoms with van der Waals surface area (Å²) in [5.74, 6) is 2.10. The lowest BCUT2D eigenvalue weighted by Gasteiger charge is -2.04. The molecule has 0 radical (unpaired) electrons. The highest BCUT2D eigenvalue weighted by atomic mass is 32.2. The van der Waals surface area contributed by atoms with Gasteiger partial charge in [0, 0.05) is 5.75 Å². The van der Waals surface area contributed by atoms with Gasteiger partial charge in [0.1, 0.15) is 11.6 Å². The van der Waals surface area contributed by atoms with Crippen LogP contribution >= 0.6 is 23.1 Å². The number of nitrogens with zero attached hydrogens (tertiary/aromatic N) is 2. The normalized spacial score (nSPS) is 10.8. The Bertz CT molecular complexity index is 698. The molecule has 0 atom stereocenters. The van der Waals surface area contributed by atoms with E-state index < -0.39 is 0 Å². The van der Waals surface area contributed by atoms with E-state index in [0.29, 0.717) is 12.4 Å². The number of hydrogen-bond acceptors (Lipinski definition) is 5. The molecular weight excluding hydrogens is 321 g/mol. The molecule has 0 saturated carbocycles. The largest absolute Gasteiger partial charge is 0.494 e. The van der Waals surface area contributed by atoms with E-state index in [1.54, 1.807) is 35.2 Å². The molecule has 22 heavy (non-hydrogen) atoms. The van der Waals surface area contributed by atoms with Crippen LogP contribution in [0.15, 0.2) is 46.9 Å². The van der Waals surface area contributed by atoms with Crippen molar-refractivity contribution in [2.75, 3.05) is 12.4 Å². The third-order valence-electron chi connectivity index (χ3n) is 2.82. The van der Waals surface area contributed by atoms with Crippen molar-refractivity contribution in [1.29, 1.82) is 0 Å². The second-order valence-corrected chi connectivity index (χ2v) is 6.46. The molecule has 0 amide bonds. The average Bonchev–Trinajstić information content (AvgIpc) is 3.19. The molecule has 0 spiro atoms. The Labute approximate surface area is 135 Å². The molecule has 0 aliphatic carbocycles. The predicted octanol–water partition coefficient (Wildman–Crippen LogP) is 4.23. The van der Waals surface area contributed by atoms with Gasteiger partial charge in [-0.05, 0) is 42.1 Å². The van der Waals surface area contributed by atoms with Crippen molar-refractivity contribution in [3.8, 4) is 16.5 Å². The first-order valence-corrected chi connectivity index (χ1v) is 8.65. The Balaban J connectivity index is 1.39. The maximum atomic E-state index is 12.7. The Morgan fingerprint density at radius 1 is 1.23 bits per heavy atom. The van der Waals surface area contributed by atoms with E-state index in [4.69, 9.17) is 4.74 Å². The number of rotatable bonds is 7. The van der Waals surface area contributed by atoms with Gasteiger partial charge in [-0.25, -0.2) is 9.37 Å². The van der Waals surface area contributed by atoms with Crippen molar-refractivity contribution >= 4 is 23.1 Å². The summed E-state index contributed by atoms with van der Waals surface area (Å²) in [6.45, 7) is 0.584. The van der Waals surface area contributed by atoms with Crippen molar-refractivity contribution < 1.29 is 9.13 Å². The van der Waals surface area contributed by atoms with E-state index in [1.807, 2.05) is 17.5 Å². The summed E-state index contributed by atoms with van der Waals surface area (Å²) < 4.78 is 18.3. The standard InChI is InChI=1S/C15H14FN3OS2/c16-11-4-6-12(7-5-11)20-8-2-10-22-15-17-14(18-19-15)13-3-1-9-21-13/h1,3-7,9H,2,8,10H2,(H,17,18,19). The van der Waals surface area contributed by atoms with E-state index in [1.165, 1.54) is 12.1 Å². The number of nitrogens with one attached hydrogen (secondary N) is 1. The highest BCUT2D eigenvalue weighted by molar-refractivity contribution is 7.99. The van der Waals surface area contributed by atoms with Crippen molar-refractivity contribution in [2.24, 2.45) is 0 Å². The maximum absolute atomic E-state index is 12.7. The van der Waals surface area contributed by atoms with Gasteiger partial charge in [0.05, 0.1) is 11.5 Å². The monoisotopic (exact) mass is 335 g/mol. The van der Waals surface area contributed by atoms with Gasteiger partial charge in [-0.2, -0.15) is 0 Å². The van der Waals surface area contributed by atoms with Gasteiger partial charge in [-0.3, -0.25) is 5.10 Å². The summed E-state index contributed by atoms with van der Waals surface area (Å²) in [5, 5.41) is 9.88. The summed E-state index contributed by atoms with van der Waals surface area (Å²) in [6.07, 6.45) is 0.866. The number of thiophene rings is 1. The highest BCUT2D eigenvalue weighted by Gasteiger charge is 2.06. The summed E-state index contributed by atoms with van der Waals surface area (Å²) in [6, 6.07) is 10.0. The zero-order chi connectivity index (χ0) is 15.2. The summed E-state index contributed by atoms with van der Waals surface area (Å²) in [5.41, 5.74) is 0. The number of H-pyrrole nitrogens is 1. The van der Waals surface area contributed by atoms with Crippen molar-refractivity contribution in [1.82, 2.24) is 15.2 Å². The highest BCUT2D eigenvalue weighted by Crippen LogP contribution is 2.23. The lowest BCUT2D eigenvalue weighted by atomic mass is 10.3. The van der Waals surface area contributed by atoms with Crippen LogP contribution in [0.3, 0.4) is 0 Å². The molecule has 2 aromatic heterocycles. The van der Waals surface area contributed by atoms with E-state index in [0.717, 1.165) is 28.0 Å². The molecule has 3 aromatic rings. The van der Waals surface area contributed by atoms with Gasteiger partial charge in [-0.1, -0.05) is 17.8 Å². The fourth-order valence-corrected chi connectivity index (χ4v) is 3.15. The number of halogens is 1. The van der Waals surface area contributed by atoms with Crippen molar-refractivity contribution in [2.45, 2.75) is 11.6 Å². The van der Waals surface area contributed by atoms with Crippen LogP contribution in [-0.2, 0) is 0 Å². The lowest BCUT2D eigenvalue weighted by Crippen LogP contribution is -1.98. The molecule has 1 aromatic carbocycles. The van der Waals surface area contributed by atoms with Crippen LogP contribution in [0.2, 0.25) is 0 Å². The number of ether oxygens (including phenoxy) is 1. The SMILES string of the molecule is Fc1ccc(OCCCSc2n[nH]c(-c3cccs3)n2)cc1. The molecule has 0 bridgehead atoms. The minimum Gasteiger partial charge on any atom is -0.494 e. The van der Waals surface area contributed by atoms with E-state index in [2.05, 4.69) is 15.2 Å². The van der Waals surface area contributed by atoms with Crippen LogP contribution in [0.5, 0.6) is 5.75 Å². The van der Waals surface area contributed by atoms with E-state index >= 15 is 0 Å². The van der Waals surface area contributed by atoms with E-state index in [9.17, 15) is 4.39 Å². The topological polar surface area (TPSA) is 50.8 Å². The number of benzene rings is 1. The summed E-state index contributed by atoms with van der Waals surface area (Å²) in [4.78, 5) is 5.52. The molecule has 7 heteroatoms. The second-order valence-electron chi connectivity index (χ2n) is 4.45. The molecule has 3 rings (SSSR count). The number of hydrogen-bond donors (Lipinski definition) is 1. The van der Waals surface area contributed by atoms with Gasteiger partial charge < -0.3 is 4.74 Å². The number of aromatic amines is 1. The zero-order valence-electron chi connectivity index (χ0n) is 11.7. The molecule has 0 aliphatic rings. The molecule has 0 saturated heterocycles. The summed E-state index contributed by atoms with van der Waals surface area (Å²) >= 11 is 3.22. The first-order chi connectivity index (χ1) is 10.8. The Hall–Kier alpha value is -1.86. The van der Waals surface area contributed by atoms with Crippen molar-refractivity contribution in [3.05, 3.63) is 47.6 Å². The zero-order valence-corrected chi connectivity index (χ0v) is 13.3. The van der Waals surface area contributed by atoms with Gasteiger partial charge in [-0.15, -0.1) is 16.4 Å². The minimum atomic E-state index is -0.256. The fourth-order valence-electron chi connectivity index (χ4n) is 1.78. The van der Waals surface area contributed by atoms with Crippen LogP contribution in [0.25, 0.3) is 10.7 Å². The van der Waals surface area contributed by atoms with Gasteiger partial charge in [0.2, 0.25) is 5.16 Å². The quantitative estimate of drug-likeness (QED) is 0.518. The fraction of sp³-hybridized carbons (Fsp3) is 0.200. The molecule has 0 unspecified atom stereocenters. The van der Waals surface area contributed by atoms with Crippen LogP contribution < -0.4 is 4.74 Å². The predicted molar refractivity (Wildman–Crippen MR) is 86.9 cm³/mol. The molecular formula is C15H14FN3OS2.